The smallest absolute Gasteiger partial charge is 0.410 e. The number of benzene rings is 2. The van der Waals surface area contributed by atoms with Crippen LogP contribution in [-0.2, 0) is 4.74 Å². The normalized spacial score (nSPS) is 16.2. The molecule has 0 aliphatic carbocycles. The molecule has 1 aliphatic heterocycles. The summed E-state index contributed by atoms with van der Waals surface area (Å²) in [5.74, 6) is 0.884. The summed E-state index contributed by atoms with van der Waals surface area (Å²) in [5, 5.41) is 0.554. The largest absolute Gasteiger partial charge is 0.454 e. The molecule has 3 heterocycles. The van der Waals surface area contributed by atoms with Gasteiger partial charge in [0, 0.05) is 37.4 Å². The van der Waals surface area contributed by atoms with Crippen molar-refractivity contribution in [2.45, 2.75) is 39.3 Å². The molecule has 5 rings (SSSR count). The Kier molecular flexibility index (Phi) is 6.56. The average Bonchev–Trinajstić information content (AvgIpc) is 2.84. The number of rotatable bonds is 3. The Labute approximate surface area is 224 Å². The van der Waals surface area contributed by atoms with Crippen molar-refractivity contribution in [3.63, 3.8) is 0 Å². The van der Waals surface area contributed by atoms with Gasteiger partial charge in [0.1, 0.15) is 16.9 Å². The van der Waals surface area contributed by atoms with Crippen LogP contribution in [0.4, 0.5) is 16.3 Å². The molecule has 198 valence electrons. The van der Waals surface area contributed by atoms with Gasteiger partial charge in [0.2, 0.25) is 5.43 Å². The minimum absolute atomic E-state index is 0.00128. The second-order valence-corrected chi connectivity index (χ2v) is 10.7. The van der Waals surface area contributed by atoms with E-state index >= 15 is 0 Å². The third-order valence-electron chi connectivity index (χ3n) is 6.30. The molecule has 1 atom stereocenters. The zero-order valence-electron chi connectivity index (χ0n) is 21.7. The number of aromatic nitrogens is 1. The van der Waals surface area contributed by atoms with E-state index in [2.05, 4.69) is 9.88 Å². The van der Waals surface area contributed by atoms with Crippen LogP contribution in [-0.4, -0.2) is 47.3 Å². The number of hydrogen-bond acceptors (Lipinski definition) is 8. The molecule has 2 N–H and O–H groups in total. The number of piperazine rings is 1. The molecule has 0 spiro atoms. The van der Waals surface area contributed by atoms with Crippen LogP contribution < -0.4 is 20.8 Å². The second kappa shape index (κ2) is 9.72. The summed E-state index contributed by atoms with van der Waals surface area (Å²) in [7, 11) is 0. The van der Waals surface area contributed by atoms with Crippen molar-refractivity contribution < 1.29 is 18.7 Å². The molecule has 2 aromatic heterocycles. The van der Waals surface area contributed by atoms with Crippen molar-refractivity contribution in [3.05, 3.63) is 63.8 Å². The van der Waals surface area contributed by atoms with Gasteiger partial charge >= 0.3 is 6.09 Å². The van der Waals surface area contributed by atoms with E-state index in [1.165, 1.54) is 0 Å². The van der Waals surface area contributed by atoms with Crippen molar-refractivity contribution in [1.82, 2.24) is 9.88 Å². The molecule has 0 bridgehead atoms. The zero-order chi connectivity index (χ0) is 27.2. The Bertz CT molecular complexity index is 1580. The van der Waals surface area contributed by atoms with Crippen LogP contribution in [0.2, 0.25) is 5.02 Å². The predicted octanol–water partition coefficient (Wildman–Crippen LogP) is 5.81. The predicted molar refractivity (Wildman–Crippen MR) is 148 cm³/mol. The second-order valence-electron chi connectivity index (χ2n) is 10.3. The molecule has 9 nitrogen and oxygen atoms in total. The van der Waals surface area contributed by atoms with E-state index < -0.39 is 5.60 Å². The molecular formula is C28H29ClN4O5. The highest BCUT2D eigenvalue weighted by atomic mass is 35.5. The number of amides is 1. The molecule has 1 amide bonds. The highest BCUT2D eigenvalue weighted by Gasteiger charge is 2.31. The van der Waals surface area contributed by atoms with Gasteiger partial charge in [0.15, 0.2) is 22.7 Å². The molecule has 4 aromatic rings. The van der Waals surface area contributed by atoms with E-state index in [0.717, 1.165) is 5.69 Å². The maximum atomic E-state index is 12.9. The van der Waals surface area contributed by atoms with E-state index in [4.69, 9.17) is 31.2 Å². The first-order valence-corrected chi connectivity index (χ1v) is 12.7. The van der Waals surface area contributed by atoms with E-state index in [1.807, 2.05) is 52.0 Å². The van der Waals surface area contributed by atoms with Crippen LogP contribution in [0.5, 0.6) is 11.5 Å². The summed E-state index contributed by atoms with van der Waals surface area (Å²) < 4.78 is 17.4. The van der Waals surface area contributed by atoms with Gasteiger partial charge in [-0.05, 0) is 64.1 Å². The summed E-state index contributed by atoms with van der Waals surface area (Å²) >= 11 is 6.19. The third-order valence-corrected chi connectivity index (χ3v) is 6.62. The molecule has 38 heavy (non-hydrogen) atoms. The van der Waals surface area contributed by atoms with Crippen molar-refractivity contribution in [1.29, 1.82) is 0 Å². The summed E-state index contributed by atoms with van der Waals surface area (Å²) in [6.07, 6.45) is -0.290. The quantitative estimate of drug-likeness (QED) is 0.326. The molecule has 0 radical (unpaired) electrons. The van der Waals surface area contributed by atoms with Gasteiger partial charge in [-0.1, -0.05) is 17.7 Å². The molecule has 0 saturated carbocycles. The highest BCUT2D eigenvalue weighted by molar-refractivity contribution is 6.35. The number of nitrogens with two attached hydrogens (primary N) is 1. The fraction of sp³-hybridized carbons (Fsp3) is 0.321. The number of carbonyl (C=O) groups is 1. The van der Waals surface area contributed by atoms with Crippen LogP contribution in [0, 0.1) is 0 Å². The first kappa shape index (κ1) is 25.7. The van der Waals surface area contributed by atoms with Crippen molar-refractivity contribution >= 4 is 51.3 Å². The topological polar surface area (TPSA) is 111 Å². The molecule has 1 aliphatic rings. The zero-order valence-corrected chi connectivity index (χ0v) is 22.4. The first-order chi connectivity index (χ1) is 18.0. The van der Waals surface area contributed by atoms with E-state index in [0.29, 0.717) is 36.0 Å². The Hall–Kier alpha value is -3.98. The molecule has 2 aromatic carbocycles. The number of ether oxygens (including phenoxy) is 2. The lowest BCUT2D eigenvalue weighted by molar-refractivity contribution is 0.0159. The van der Waals surface area contributed by atoms with Gasteiger partial charge in [0.25, 0.3) is 0 Å². The Morgan fingerprint density at radius 3 is 2.55 bits per heavy atom. The van der Waals surface area contributed by atoms with E-state index in [9.17, 15) is 9.59 Å². The third kappa shape index (κ3) is 5.06. The lowest BCUT2D eigenvalue weighted by Crippen LogP contribution is -2.55. The molecular weight excluding hydrogens is 508 g/mol. The van der Waals surface area contributed by atoms with Crippen LogP contribution in [0.1, 0.15) is 27.7 Å². The number of nitrogen functional groups attached to an aromatic ring is 1. The summed E-state index contributed by atoms with van der Waals surface area (Å²) in [6, 6.07) is 14.1. The fourth-order valence-corrected chi connectivity index (χ4v) is 4.75. The van der Waals surface area contributed by atoms with E-state index in [-0.39, 0.29) is 45.6 Å². The van der Waals surface area contributed by atoms with Crippen LogP contribution in [0.3, 0.4) is 0 Å². The maximum Gasteiger partial charge on any atom is 0.410 e. The number of nitrogens with zero attached hydrogens (tertiary/aromatic N) is 3. The molecule has 1 saturated heterocycles. The van der Waals surface area contributed by atoms with Gasteiger partial charge in [-0.3, -0.25) is 4.79 Å². The number of hydrogen-bond donors (Lipinski definition) is 1. The van der Waals surface area contributed by atoms with Gasteiger partial charge in [-0.25, -0.2) is 9.78 Å². The summed E-state index contributed by atoms with van der Waals surface area (Å²) in [6.45, 7) is 9.54. The lowest BCUT2D eigenvalue weighted by Gasteiger charge is -2.41. The Morgan fingerprint density at radius 2 is 1.87 bits per heavy atom. The standard InChI is InChI=1S/C28H29ClN4O5/c1-16-15-32(12-13-33(16)27(35)38-28(2,3)4)17-8-10-18(11-9-17)36-22-14-21-24(31-26(22)30)25(34)23-19(29)6-5-7-20(23)37-21/h5-11,14,16H,12-13,15H2,1-4H3,(H2,30,31)/t16-/m0/s1. The Morgan fingerprint density at radius 1 is 1.13 bits per heavy atom. The Balaban J connectivity index is 1.32. The minimum atomic E-state index is -0.527. The van der Waals surface area contributed by atoms with Crippen LogP contribution in [0.15, 0.2) is 57.7 Å². The van der Waals surface area contributed by atoms with Crippen molar-refractivity contribution in [2.75, 3.05) is 30.3 Å². The number of fused-ring (bicyclic) bond motifs is 2. The van der Waals surface area contributed by atoms with Crippen LogP contribution >= 0.6 is 11.6 Å². The maximum absolute atomic E-state index is 12.9. The summed E-state index contributed by atoms with van der Waals surface area (Å²) in [5.41, 5.74) is 6.95. The molecule has 0 unspecified atom stereocenters. The average molecular weight is 537 g/mol. The number of pyridine rings is 1. The van der Waals surface area contributed by atoms with Gasteiger partial charge in [-0.15, -0.1) is 0 Å². The molecule has 1 fully saturated rings. The van der Waals surface area contributed by atoms with Gasteiger partial charge in [0.05, 0.1) is 10.4 Å². The number of carbonyl (C=O) groups excluding carboxylic acids is 1. The first-order valence-electron chi connectivity index (χ1n) is 12.3. The minimum Gasteiger partial charge on any atom is -0.454 e. The molecule has 10 heteroatoms. The monoisotopic (exact) mass is 536 g/mol. The van der Waals surface area contributed by atoms with Gasteiger partial charge in [-0.2, -0.15) is 0 Å². The lowest BCUT2D eigenvalue weighted by atomic mass is 10.1. The van der Waals surface area contributed by atoms with Crippen molar-refractivity contribution in [3.8, 4) is 11.5 Å². The van der Waals surface area contributed by atoms with Gasteiger partial charge < -0.3 is 29.4 Å². The number of anilines is 2. The fourth-order valence-electron chi connectivity index (χ4n) is 4.50. The number of halogens is 1. The highest BCUT2D eigenvalue weighted by Crippen LogP contribution is 2.32. The van der Waals surface area contributed by atoms with Crippen molar-refractivity contribution in [2.24, 2.45) is 0 Å². The SMILES string of the molecule is C[C@H]1CN(c2ccc(Oc3cc4oc5cccc(Cl)c5c(=O)c4nc3N)cc2)CCN1C(=O)OC(C)(C)C. The van der Waals surface area contributed by atoms with E-state index in [1.54, 1.807) is 29.2 Å². The summed E-state index contributed by atoms with van der Waals surface area (Å²) in [4.78, 5) is 33.7. The van der Waals surface area contributed by atoms with Crippen LogP contribution in [0.25, 0.3) is 22.1 Å².